The molecule has 0 aliphatic carbocycles. The highest BCUT2D eigenvalue weighted by molar-refractivity contribution is 7.86. The summed E-state index contributed by atoms with van der Waals surface area (Å²) >= 11 is 5.39. The van der Waals surface area contributed by atoms with Crippen LogP contribution >= 0.6 is 12.6 Å². The predicted molar refractivity (Wildman–Crippen MR) is 108 cm³/mol. The summed E-state index contributed by atoms with van der Waals surface area (Å²) in [5, 5.41) is 0. The van der Waals surface area contributed by atoms with Crippen molar-refractivity contribution in [3.63, 3.8) is 0 Å². The minimum atomic E-state index is -1.81. The zero-order chi connectivity index (χ0) is 17.2. The van der Waals surface area contributed by atoms with Gasteiger partial charge in [-0.2, -0.15) is 12.6 Å². The van der Waals surface area contributed by atoms with E-state index in [1.54, 1.807) is 0 Å². The van der Waals surface area contributed by atoms with Crippen LogP contribution in [0.15, 0.2) is 0 Å². The Morgan fingerprint density at radius 3 is 1.59 bits per heavy atom. The molecule has 5 heteroatoms. The zero-order valence-corrected chi connectivity index (χ0v) is 19.1. The lowest BCUT2D eigenvalue weighted by Gasteiger charge is -2.49. The van der Waals surface area contributed by atoms with Crippen LogP contribution in [0.25, 0.3) is 0 Å². The quantitative estimate of drug-likeness (QED) is 0.350. The second-order valence-corrected chi connectivity index (χ2v) is 17.1. The summed E-state index contributed by atoms with van der Waals surface area (Å²) in [6.07, 6.45) is 3.26. The summed E-state index contributed by atoms with van der Waals surface area (Å²) in [6, 6.07) is 3.85. The molecular weight excluding hydrogens is 324 g/mol. The van der Waals surface area contributed by atoms with E-state index in [0.717, 1.165) is 32.5 Å². The monoisotopic (exact) mass is 364 g/mol. The molecule has 0 aromatic rings. The first-order valence-corrected chi connectivity index (χ1v) is 13.9. The van der Waals surface area contributed by atoms with E-state index >= 15 is 0 Å². The first-order chi connectivity index (χ1) is 10.4. The highest BCUT2D eigenvalue weighted by Gasteiger charge is 2.55. The van der Waals surface area contributed by atoms with Gasteiger partial charge in [-0.1, -0.05) is 66.6 Å². The molecule has 1 atom stereocenters. The molecule has 0 aromatic heterocycles. The van der Waals surface area contributed by atoms with Crippen LogP contribution in [0, 0.1) is 5.92 Å². The van der Waals surface area contributed by atoms with E-state index in [4.69, 9.17) is 21.5 Å². The van der Waals surface area contributed by atoms with Crippen molar-refractivity contribution in [2.24, 2.45) is 5.92 Å². The maximum atomic E-state index is 6.35. The Morgan fingerprint density at radius 2 is 1.32 bits per heavy atom. The molecule has 0 bridgehead atoms. The molecule has 0 saturated carbocycles. The second-order valence-electron chi connectivity index (χ2n) is 6.94. The number of hydrogen-bond acceptors (Lipinski definition) is 3. The molecule has 0 heterocycles. The predicted octanol–water partition coefficient (Wildman–Crippen LogP) is 5.36. The van der Waals surface area contributed by atoms with Gasteiger partial charge in [0.15, 0.2) is 0 Å². The van der Waals surface area contributed by atoms with Crippen molar-refractivity contribution in [2.45, 2.75) is 89.9 Å². The Morgan fingerprint density at radius 1 is 0.909 bits per heavy atom. The first-order valence-electron chi connectivity index (χ1n) is 9.32. The Kier molecular flexibility index (Phi) is 11.7. The molecule has 0 aliphatic heterocycles. The SMILES string of the molecule is CCCO[SiH](OCCC)[C@](S)(CC(C)C)[Si](CC)(CC)CC. The fourth-order valence-electron chi connectivity index (χ4n) is 3.63. The third-order valence-corrected chi connectivity index (χ3v) is 18.0. The van der Waals surface area contributed by atoms with Crippen molar-refractivity contribution in [3.05, 3.63) is 0 Å². The third kappa shape index (κ3) is 5.65. The van der Waals surface area contributed by atoms with Gasteiger partial charge < -0.3 is 8.85 Å². The molecule has 0 amide bonds. The van der Waals surface area contributed by atoms with E-state index in [9.17, 15) is 0 Å². The highest BCUT2D eigenvalue weighted by atomic mass is 32.1. The second kappa shape index (κ2) is 11.3. The summed E-state index contributed by atoms with van der Waals surface area (Å²) in [7, 11) is -3.33. The van der Waals surface area contributed by atoms with Crippen LogP contribution in [0.5, 0.6) is 0 Å². The molecule has 0 radical (unpaired) electrons. The lowest BCUT2D eigenvalue weighted by molar-refractivity contribution is 0.188. The average molecular weight is 365 g/mol. The molecule has 134 valence electrons. The smallest absolute Gasteiger partial charge is 0.334 e. The molecule has 0 rings (SSSR count). The van der Waals surface area contributed by atoms with Crippen molar-refractivity contribution in [3.8, 4) is 0 Å². The van der Waals surface area contributed by atoms with Gasteiger partial charge >= 0.3 is 9.28 Å². The van der Waals surface area contributed by atoms with Gasteiger partial charge in [0.25, 0.3) is 0 Å². The van der Waals surface area contributed by atoms with E-state index in [-0.39, 0.29) is 3.99 Å². The number of thiol groups is 1. The number of hydrogen-bond donors (Lipinski definition) is 1. The fraction of sp³-hybridized carbons (Fsp3) is 1.00. The lowest BCUT2D eigenvalue weighted by atomic mass is 10.2. The molecule has 0 N–H and O–H groups in total. The lowest BCUT2D eigenvalue weighted by Crippen LogP contribution is -2.65. The molecule has 22 heavy (non-hydrogen) atoms. The minimum Gasteiger partial charge on any atom is -0.396 e. The van der Waals surface area contributed by atoms with Crippen LogP contribution in [0.2, 0.25) is 18.1 Å². The van der Waals surface area contributed by atoms with Gasteiger partial charge in [-0.25, -0.2) is 0 Å². The Balaban J connectivity index is 5.64. The number of rotatable bonds is 13. The molecule has 2 nitrogen and oxygen atoms in total. The Labute approximate surface area is 148 Å². The van der Waals surface area contributed by atoms with Gasteiger partial charge in [-0.05, 0) is 25.2 Å². The minimum absolute atomic E-state index is 0.0315. The topological polar surface area (TPSA) is 18.5 Å². The molecule has 0 aliphatic rings. The molecule has 0 aromatic carbocycles. The van der Waals surface area contributed by atoms with Gasteiger partial charge in [-0.3, -0.25) is 0 Å². The van der Waals surface area contributed by atoms with Crippen LogP contribution in [0.3, 0.4) is 0 Å². The normalized spacial score (nSPS) is 15.5. The maximum Gasteiger partial charge on any atom is 0.334 e. The van der Waals surface area contributed by atoms with E-state index in [0.29, 0.717) is 5.92 Å². The Hall–Kier alpha value is 0.704. The van der Waals surface area contributed by atoms with E-state index in [2.05, 4.69) is 48.5 Å². The van der Waals surface area contributed by atoms with Crippen LogP contribution < -0.4 is 0 Å². The van der Waals surface area contributed by atoms with Gasteiger partial charge in [0.05, 0.1) is 8.07 Å². The summed E-state index contributed by atoms with van der Waals surface area (Å²) in [5.74, 6) is 0.638. The first kappa shape index (κ1) is 22.7. The third-order valence-electron chi connectivity index (χ3n) is 5.00. The summed E-state index contributed by atoms with van der Waals surface area (Å²) in [5.41, 5.74) is 0. The van der Waals surface area contributed by atoms with Crippen molar-refractivity contribution in [1.82, 2.24) is 0 Å². The molecule has 0 spiro atoms. The van der Waals surface area contributed by atoms with Crippen LogP contribution in [0.1, 0.15) is 67.7 Å². The molecule has 0 fully saturated rings. The van der Waals surface area contributed by atoms with E-state index in [1.807, 2.05) is 0 Å². The standard InChI is InChI=1S/C17H40O2SSi2/c1-8-13-18-21(19-14-9-2)17(20,15-16(6)7)22(10-3,11-4)12-5/h16,20-21H,8-15H2,1-7H3/t17-/m1/s1. The maximum absolute atomic E-state index is 6.35. The highest BCUT2D eigenvalue weighted by Crippen LogP contribution is 2.43. The van der Waals surface area contributed by atoms with Crippen LogP contribution in [-0.2, 0) is 8.85 Å². The van der Waals surface area contributed by atoms with Gasteiger partial charge in [0, 0.05) is 17.2 Å². The van der Waals surface area contributed by atoms with E-state index < -0.39 is 17.4 Å². The largest absolute Gasteiger partial charge is 0.396 e. The van der Waals surface area contributed by atoms with Crippen molar-refractivity contribution in [1.29, 1.82) is 0 Å². The summed E-state index contributed by atoms with van der Waals surface area (Å²) < 4.78 is 12.7. The van der Waals surface area contributed by atoms with Crippen molar-refractivity contribution in [2.75, 3.05) is 13.2 Å². The van der Waals surface area contributed by atoms with Crippen molar-refractivity contribution < 1.29 is 8.85 Å². The summed E-state index contributed by atoms with van der Waals surface area (Å²) in [6.45, 7) is 17.7. The molecular formula is C17H40O2SSi2. The Bertz CT molecular complexity index is 270. The van der Waals surface area contributed by atoms with E-state index in [1.165, 1.54) is 18.1 Å². The van der Waals surface area contributed by atoms with Gasteiger partial charge in [0.1, 0.15) is 0 Å². The molecule has 0 saturated heterocycles. The zero-order valence-electron chi connectivity index (χ0n) is 16.1. The van der Waals surface area contributed by atoms with Crippen molar-refractivity contribution >= 4 is 30.0 Å². The average Bonchev–Trinajstić information content (AvgIpc) is 2.48. The van der Waals surface area contributed by atoms with Gasteiger partial charge in [-0.15, -0.1) is 0 Å². The fourth-order valence-corrected chi connectivity index (χ4v) is 16.6. The van der Waals surface area contributed by atoms with Crippen LogP contribution in [-0.4, -0.2) is 34.6 Å². The molecule has 0 unspecified atom stereocenters. The summed E-state index contributed by atoms with van der Waals surface area (Å²) in [4.78, 5) is 0. The van der Waals surface area contributed by atoms with Gasteiger partial charge in [0.2, 0.25) is 0 Å². The van der Waals surface area contributed by atoms with Crippen LogP contribution in [0.4, 0.5) is 0 Å².